The molecule has 0 atom stereocenters. The lowest BCUT2D eigenvalue weighted by Crippen LogP contribution is -2.21. The number of fused-ring (bicyclic) bond motifs is 1. The largest absolute Gasteiger partial charge is 0.352 e. The van der Waals surface area contributed by atoms with E-state index in [0.717, 1.165) is 40.6 Å². The Labute approximate surface area is 157 Å². The van der Waals surface area contributed by atoms with Crippen molar-refractivity contribution in [1.29, 1.82) is 0 Å². The molecule has 0 aliphatic rings. The number of thiophene rings is 1. The Morgan fingerprint density at radius 1 is 1.12 bits per heavy atom. The van der Waals surface area contributed by atoms with E-state index in [1.165, 1.54) is 5.56 Å². The second kappa shape index (κ2) is 7.25. The molecule has 0 N–H and O–H groups in total. The molecular weight excluding hydrogens is 342 g/mol. The molecule has 0 bridgehead atoms. The minimum atomic E-state index is 0.699. The molecule has 1 aromatic carbocycles. The fourth-order valence-corrected chi connectivity index (χ4v) is 3.81. The third kappa shape index (κ3) is 3.32. The molecule has 0 unspecified atom stereocenters. The quantitative estimate of drug-likeness (QED) is 0.517. The number of imidazole rings is 1. The summed E-state index contributed by atoms with van der Waals surface area (Å²) in [4.78, 5) is 17.2. The fourth-order valence-electron chi connectivity index (χ4n) is 3.03. The van der Waals surface area contributed by atoms with Crippen LogP contribution in [0.1, 0.15) is 24.1 Å². The summed E-state index contributed by atoms with van der Waals surface area (Å²) < 4.78 is 2.19. The Hall–Kier alpha value is -2.73. The van der Waals surface area contributed by atoms with E-state index < -0.39 is 0 Å². The van der Waals surface area contributed by atoms with Crippen molar-refractivity contribution < 1.29 is 0 Å². The third-order valence-electron chi connectivity index (χ3n) is 4.41. The lowest BCUT2D eigenvalue weighted by atomic mass is 10.2. The first-order chi connectivity index (χ1) is 12.7. The van der Waals surface area contributed by atoms with Gasteiger partial charge in [-0.15, -0.1) is 11.3 Å². The number of nitrogens with zero attached hydrogens (tertiary/aromatic N) is 5. The van der Waals surface area contributed by atoms with E-state index in [1.54, 1.807) is 11.3 Å². The second-order valence-electron chi connectivity index (χ2n) is 6.27. The molecule has 0 aliphatic heterocycles. The molecule has 0 saturated carbocycles. The Balaban J connectivity index is 1.61. The SMILES string of the molecule is CCc1nc(N(C)Cc2nccn2Cc2ccccc2)c2ccsc2n1. The van der Waals surface area contributed by atoms with Gasteiger partial charge in [-0.2, -0.15) is 0 Å². The smallest absolute Gasteiger partial charge is 0.141 e. The van der Waals surface area contributed by atoms with E-state index in [0.29, 0.717) is 6.54 Å². The van der Waals surface area contributed by atoms with Crippen LogP contribution in [-0.2, 0) is 19.5 Å². The van der Waals surface area contributed by atoms with Gasteiger partial charge in [0, 0.05) is 32.4 Å². The highest BCUT2D eigenvalue weighted by molar-refractivity contribution is 7.16. The molecule has 3 aromatic heterocycles. The minimum absolute atomic E-state index is 0.699. The van der Waals surface area contributed by atoms with Crippen LogP contribution >= 0.6 is 11.3 Å². The van der Waals surface area contributed by atoms with Crippen molar-refractivity contribution >= 4 is 27.4 Å². The number of benzene rings is 1. The van der Waals surface area contributed by atoms with Crippen LogP contribution in [0.25, 0.3) is 10.2 Å². The summed E-state index contributed by atoms with van der Waals surface area (Å²) in [6, 6.07) is 12.6. The predicted molar refractivity (Wildman–Crippen MR) is 107 cm³/mol. The number of aromatic nitrogens is 4. The van der Waals surface area contributed by atoms with Crippen molar-refractivity contribution in [2.24, 2.45) is 0 Å². The molecule has 0 saturated heterocycles. The van der Waals surface area contributed by atoms with E-state index in [-0.39, 0.29) is 0 Å². The van der Waals surface area contributed by atoms with Crippen molar-refractivity contribution in [3.05, 3.63) is 71.4 Å². The molecule has 5 nitrogen and oxygen atoms in total. The number of hydrogen-bond acceptors (Lipinski definition) is 5. The van der Waals surface area contributed by atoms with Gasteiger partial charge in [0.1, 0.15) is 22.3 Å². The zero-order valence-electron chi connectivity index (χ0n) is 15.0. The van der Waals surface area contributed by atoms with Crippen LogP contribution in [0.5, 0.6) is 0 Å². The maximum Gasteiger partial charge on any atom is 0.141 e. The summed E-state index contributed by atoms with van der Waals surface area (Å²) >= 11 is 1.66. The van der Waals surface area contributed by atoms with Gasteiger partial charge in [-0.1, -0.05) is 37.3 Å². The first kappa shape index (κ1) is 16.7. The van der Waals surface area contributed by atoms with Gasteiger partial charge in [0.15, 0.2) is 0 Å². The molecule has 0 fully saturated rings. The molecule has 132 valence electrons. The molecule has 4 aromatic rings. The van der Waals surface area contributed by atoms with Gasteiger partial charge in [-0.3, -0.25) is 0 Å². The Kier molecular flexibility index (Phi) is 4.67. The standard InChI is InChI=1S/C20H21N5S/c1-3-17-22-19(16-9-12-26-20(16)23-17)24(2)14-18-21-10-11-25(18)13-15-7-5-4-6-8-15/h4-12H,3,13-14H2,1-2H3. The highest BCUT2D eigenvalue weighted by atomic mass is 32.1. The molecular formula is C20H21N5S. The zero-order valence-corrected chi connectivity index (χ0v) is 15.8. The first-order valence-electron chi connectivity index (χ1n) is 8.73. The molecule has 0 radical (unpaired) electrons. The maximum absolute atomic E-state index is 4.77. The van der Waals surface area contributed by atoms with Gasteiger partial charge in [-0.25, -0.2) is 15.0 Å². The van der Waals surface area contributed by atoms with E-state index in [9.17, 15) is 0 Å². The molecule has 3 heterocycles. The van der Waals surface area contributed by atoms with Gasteiger partial charge < -0.3 is 9.47 Å². The van der Waals surface area contributed by atoms with E-state index >= 15 is 0 Å². The highest BCUT2D eigenvalue weighted by Crippen LogP contribution is 2.28. The average Bonchev–Trinajstić information content (AvgIpc) is 3.31. The van der Waals surface area contributed by atoms with Gasteiger partial charge in [0.25, 0.3) is 0 Å². The van der Waals surface area contributed by atoms with Crippen LogP contribution in [0.3, 0.4) is 0 Å². The van der Waals surface area contributed by atoms with Gasteiger partial charge >= 0.3 is 0 Å². The topological polar surface area (TPSA) is 46.8 Å². The molecule has 0 amide bonds. The van der Waals surface area contributed by atoms with Crippen LogP contribution in [0, 0.1) is 0 Å². The van der Waals surface area contributed by atoms with Crippen LogP contribution in [0.2, 0.25) is 0 Å². The zero-order chi connectivity index (χ0) is 17.9. The lowest BCUT2D eigenvalue weighted by Gasteiger charge is -2.20. The third-order valence-corrected chi connectivity index (χ3v) is 5.21. The predicted octanol–water partition coefficient (Wildman–Crippen LogP) is 4.13. The summed E-state index contributed by atoms with van der Waals surface area (Å²) in [5.41, 5.74) is 1.27. The second-order valence-corrected chi connectivity index (χ2v) is 7.16. The highest BCUT2D eigenvalue weighted by Gasteiger charge is 2.14. The van der Waals surface area contributed by atoms with E-state index in [2.05, 4.69) is 69.1 Å². The average molecular weight is 363 g/mol. The first-order valence-corrected chi connectivity index (χ1v) is 9.61. The number of anilines is 1. The van der Waals surface area contributed by atoms with Crippen LogP contribution in [-0.4, -0.2) is 26.6 Å². The molecule has 0 spiro atoms. The van der Waals surface area contributed by atoms with Gasteiger partial charge in [0.05, 0.1) is 11.9 Å². The van der Waals surface area contributed by atoms with Crippen molar-refractivity contribution in [2.75, 3.05) is 11.9 Å². The van der Waals surface area contributed by atoms with Crippen molar-refractivity contribution in [3.8, 4) is 0 Å². The summed E-state index contributed by atoms with van der Waals surface area (Å²) in [5, 5.41) is 3.18. The number of aryl methyl sites for hydroxylation is 1. The number of rotatable bonds is 6. The Bertz CT molecular complexity index is 1010. The monoisotopic (exact) mass is 363 g/mol. The summed E-state index contributed by atoms with van der Waals surface area (Å²) in [7, 11) is 2.07. The fraction of sp³-hybridized carbons (Fsp3) is 0.250. The van der Waals surface area contributed by atoms with Gasteiger partial charge in [0.2, 0.25) is 0 Å². The van der Waals surface area contributed by atoms with Crippen molar-refractivity contribution in [3.63, 3.8) is 0 Å². The lowest BCUT2D eigenvalue weighted by molar-refractivity contribution is 0.703. The Morgan fingerprint density at radius 2 is 1.96 bits per heavy atom. The van der Waals surface area contributed by atoms with E-state index in [4.69, 9.17) is 4.98 Å². The summed E-state index contributed by atoms with van der Waals surface area (Å²) in [5.74, 6) is 2.88. The van der Waals surface area contributed by atoms with E-state index in [1.807, 2.05) is 18.5 Å². The van der Waals surface area contributed by atoms with Crippen LogP contribution in [0.4, 0.5) is 5.82 Å². The van der Waals surface area contributed by atoms with Crippen LogP contribution in [0.15, 0.2) is 54.2 Å². The summed E-state index contributed by atoms with van der Waals surface area (Å²) in [6.07, 6.45) is 4.73. The van der Waals surface area contributed by atoms with Crippen molar-refractivity contribution in [2.45, 2.75) is 26.4 Å². The van der Waals surface area contributed by atoms with Crippen LogP contribution < -0.4 is 4.90 Å². The minimum Gasteiger partial charge on any atom is -0.352 e. The maximum atomic E-state index is 4.77. The molecule has 26 heavy (non-hydrogen) atoms. The molecule has 0 aliphatic carbocycles. The van der Waals surface area contributed by atoms with Crippen molar-refractivity contribution in [1.82, 2.24) is 19.5 Å². The molecule has 6 heteroatoms. The summed E-state index contributed by atoms with van der Waals surface area (Å²) in [6.45, 7) is 3.61. The normalized spacial score (nSPS) is 11.2. The molecule has 4 rings (SSSR count). The van der Waals surface area contributed by atoms with Gasteiger partial charge in [-0.05, 0) is 17.0 Å². The number of hydrogen-bond donors (Lipinski definition) is 0. The Morgan fingerprint density at radius 3 is 2.77 bits per heavy atom.